The van der Waals surface area contributed by atoms with Crippen molar-refractivity contribution >= 4 is 11.3 Å². The van der Waals surface area contributed by atoms with E-state index in [-0.39, 0.29) is 5.56 Å². The Morgan fingerprint density at radius 2 is 1.53 bits per heavy atom. The SMILES string of the molecule is FC(F)(F)c1ccc(-c2c[c]cs2)cc1C(F)(F)F. The number of thiophene rings is 1. The zero-order valence-corrected chi connectivity index (χ0v) is 9.88. The van der Waals surface area contributed by atoms with E-state index in [2.05, 4.69) is 6.07 Å². The average Bonchev–Trinajstić information content (AvgIpc) is 2.79. The van der Waals surface area contributed by atoms with Gasteiger partial charge in [0.25, 0.3) is 0 Å². The fraction of sp³-hybridized carbons (Fsp3) is 0.167. The van der Waals surface area contributed by atoms with Gasteiger partial charge in [-0.3, -0.25) is 0 Å². The van der Waals surface area contributed by atoms with E-state index in [9.17, 15) is 26.3 Å². The number of alkyl halides is 6. The first-order chi connectivity index (χ1) is 8.69. The highest BCUT2D eigenvalue weighted by Gasteiger charge is 2.43. The number of benzene rings is 1. The maximum atomic E-state index is 12.7. The predicted octanol–water partition coefficient (Wildman–Crippen LogP) is 5.25. The van der Waals surface area contributed by atoms with Gasteiger partial charge in [-0.1, -0.05) is 6.07 Å². The van der Waals surface area contributed by atoms with Crippen molar-refractivity contribution in [2.24, 2.45) is 0 Å². The molecule has 0 aliphatic carbocycles. The molecule has 0 saturated carbocycles. The van der Waals surface area contributed by atoms with Crippen LogP contribution in [0.4, 0.5) is 26.3 Å². The van der Waals surface area contributed by atoms with Crippen LogP contribution in [0.2, 0.25) is 0 Å². The molecule has 101 valence electrons. The summed E-state index contributed by atoms with van der Waals surface area (Å²) in [5, 5.41) is 1.51. The first kappa shape index (κ1) is 13.9. The summed E-state index contributed by atoms with van der Waals surface area (Å²) in [6.45, 7) is 0. The highest BCUT2D eigenvalue weighted by atomic mass is 32.1. The maximum Gasteiger partial charge on any atom is 0.417 e. The Labute approximate surface area is 108 Å². The van der Waals surface area contributed by atoms with Crippen LogP contribution in [0.3, 0.4) is 0 Å². The Bertz CT molecular complexity index is 565. The van der Waals surface area contributed by atoms with E-state index in [4.69, 9.17) is 0 Å². The minimum Gasteiger partial charge on any atom is -0.166 e. The molecule has 0 aliphatic rings. The number of hydrogen-bond acceptors (Lipinski definition) is 1. The van der Waals surface area contributed by atoms with Crippen LogP contribution in [-0.2, 0) is 12.4 Å². The van der Waals surface area contributed by atoms with Gasteiger partial charge in [0.1, 0.15) is 0 Å². The van der Waals surface area contributed by atoms with Crippen LogP contribution in [0.1, 0.15) is 11.1 Å². The number of rotatable bonds is 1. The normalized spacial score (nSPS) is 12.7. The molecule has 0 fully saturated rings. The van der Waals surface area contributed by atoms with E-state index in [0.717, 1.165) is 17.4 Å². The van der Waals surface area contributed by atoms with Crippen LogP contribution in [0.25, 0.3) is 10.4 Å². The maximum absolute atomic E-state index is 12.7. The third kappa shape index (κ3) is 2.91. The minimum atomic E-state index is -5.05. The van der Waals surface area contributed by atoms with Gasteiger partial charge in [-0.05, 0) is 35.2 Å². The second-order valence-corrected chi connectivity index (χ2v) is 4.58. The molecule has 0 amide bonds. The number of hydrogen-bond donors (Lipinski definition) is 0. The Morgan fingerprint density at radius 3 is 2.00 bits per heavy atom. The van der Waals surface area contributed by atoms with Crippen molar-refractivity contribution in [2.45, 2.75) is 12.4 Å². The van der Waals surface area contributed by atoms with Crippen molar-refractivity contribution in [2.75, 3.05) is 0 Å². The zero-order chi connectivity index (χ0) is 14.3. The fourth-order valence-corrected chi connectivity index (χ4v) is 2.23. The summed E-state index contributed by atoms with van der Waals surface area (Å²) in [6, 6.07) is 6.07. The molecule has 0 aliphatic heterocycles. The summed E-state index contributed by atoms with van der Waals surface area (Å²) in [5.74, 6) is 0. The summed E-state index contributed by atoms with van der Waals surface area (Å²) in [5.41, 5.74) is -3.26. The highest BCUT2D eigenvalue weighted by Crippen LogP contribution is 2.42. The lowest BCUT2D eigenvalue weighted by atomic mass is 10.0. The van der Waals surface area contributed by atoms with Gasteiger partial charge in [0, 0.05) is 4.88 Å². The summed E-state index contributed by atoms with van der Waals surface area (Å²) in [6.07, 6.45) is -10.1. The lowest BCUT2D eigenvalue weighted by molar-refractivity contribution is -0.162. The van der Waals surface area contributed by atoms with E-state index in [1.54, 1.807) is 0 Å². The molecule has 0 bridgehead atoms. The van der Waals surface area contributed by atoms with Crippen molar-refractivity contribution in [3.8, 4) is 10.4 Å². The van der Waals surface area contributed by atoms with Crippen molar-refractivity contribution in [3.63, 3.8) is 0 Å². The molecule has 1 heterocycles. The van der Waals surface area contributed by atoms with E-state index >= 15 is 0 Å². The van der Waals surface area contributed by atoms with Gasteiger partial charge in [-0.2, -0.15) is 26.3 Å². The van der Waals surface area contributed by atoms with Crippen LogP contribution < -0.4 is 0 Å². The molecule has 1 radical (unpaired) electrons. The minimum absolute atomic E-state index is 0.0894. The smallest absolute Gasteiger partial charge is 0.166 e. The molecule has 1 aromatic carbocycles. The van der Waals surface area contributed by atoms with Crippen molar-refractivity contribution in [1.82, 2.24) is 0 Å². The third-order valence-electron chi connectivity index (χ3n) is 2.38. The van der Waals surface area contributed by atoms with Gasteiger partial charge in [0.05, 0.1) is 11.1 Å². The predicted molar refractivity (Wildman–Crippen MR) is 58.6 cm³/mol. The Balaban J connectivity index is 2.61. The molecular formula is C12H5F6S. The van der Waals surface area contributed by atoms with Gasteiger partial charge < -0.3 is 0 Å². The second kappa shape index (κ2) is 4.56. The molecule has 0 atom stereocenters. The molecule has 0 spiro atoms. The first-order valence-corrected chi connectivity index (χ1v) is 5.81. The van der Waals surface area contributed by atoms with Crippen LogP contribution in [0, 0.1) is 6.07 Å². The van der Waals surface area contributed by atoms with Gasteiger partial charge >= 0.3 is 12.4 Å². The quantitative estimate of drug-likeness (QED) is 0.630. The molecule has 0 unspecified atom stereocenters. The molecule has 7 heteroatoms. The Hall–Kier alpha value is -1.50. The summed E-state index contributed by atoms with van der Waals surface area (Å²) >= 11 is 1.10. The van der Waals surface area contributed by atoms with Crippen LogP contribution in [0.5, 0.6) is 0 Å². The Morgan fingerprint density at radius 1 is 0.895 bits per heavy atom. The average molecular weight is 295 g/mol. The van der Waals surface area contributed by atoms with Gasteiger partial charge in [0.15, 0.2) is 0 Å². The molecular weight excluding hydrogens is 290 g/mol. The largest absolute Gasteiger partial charge is 0.417 e. The molecule has 0 N–H and O–H groups in total. The molecule has 1 aromatic heterocycles. The third-order valence-corrected chi connectivity index (χ3v) is 3.24. The van der Waals surface area contributed by atoms with Crippen molar-refractivity contribution < 1.29 is 26.3 Å². The van der Waals surface area contributed by atoms with Crippen molar-refractivity contribution in [3.05, 3.63) is 46.8 Å². The molecule has 0 saturated heterocycles. The standard InChI is InChI=1S/C12H5F6S/c13-11(14,15)8-4-3-7(10-2-1-5-19-10)6-9(8)12(16,17)18/h2-6H. The summed E-state index contributed by atoms with van der Waals surface area (Å²) < 4.78 is 75.7. The highest BCUT2D eigenvalue weighted by molar-refractivity contribution is 7.13. The molecule has 2 rings (SSSR count). The molecule has 0 nitrogen and oxygen atoms in total. The monoisotopic (exact) mass is 295 g/mol. The van der Waals surface area contributed by atoms with Crippen molar-refractivity contribution in [1.29, 1.82) is 0 Å². The molecule has 2 aromatic rings. The lowest BCUT2D eigenvalue weighted by Crippen LogP contribution is -2.16. The zero-order valence-electron chi connectivity index (χ0n) is 9.06. The lowest BCUT2D eigenvalue weighted by Gasteiger charge is -2.16. The van der Waals surface area contributed by atoms with Crippen LogP contribution in [0.15, 0.2) is 29.6 Å². The second-order valence-electron chi connectivity index (χ2n) is 3.67. The van der Waals surface area contributed by atoms with E-state index in [1.807, 2.05) is 0 Å². The Kier molecular flexibility index (Phi) is 3.34. The topological polar surface area (TPSA) is 0 Å². The fourth-order valence-electron chi connectivity index (χ4n) is 1.57. The first-order valence-electron chi connectivity index (χ1n) is 4.93. The van der Waals surface area contributed by atoms with Gasteiger partial charge in [-0.15, -0.1) is 11.3 Å². The van der Waals surface area contributed by atoms with Crippen LogP contribution >= 0.6 is 11.3 Å². The molecule has 19 heavy (non-hydrogen) atoms. The van der Waals surface area contributed by atoms with Gasteiger partial charge in [0.2, 0.25) is 0 Å². The van der Waals surface area contributed by atoms with E-state index < -0.39 is 23.5 Å². The van der Waals surface area contributed by atoms with E-state index in [0.29, 0.717) is 17.0 Å². The van der Waals surface area contributed by atoms with Crippen LogP contribution in [-0.4, -0.2) is 0 Å². The summed E-state index contributed by atoms with van der Waals surface area (Å²) in [4.78, 5) is 0.430. The number of halogens is 6. The van der Waals surface area contributed by atoms with Gasteiger partial charge in [-0.25, -0.2) is 0 Å². The summed E-state index contributed by atoms with van der Waals surface area (Å²) in [7, 11) is 0. The van der Waals surface area contributed by atoms with E-state index in [1.165, 1.54) is 11.4 Å².